The van der Waals surface area contributed by atoms with Crippen LogP contribution < -0.4 is 9.47 Å². The minimum Gasteiger partial charge on any atom is -0.497 e. The lowest BCUT2D eigenvalue weighted by molar-refractivity contribution is -0.134. The molecule has 1 aliphatic rings. The standard InChI is InChI=1S/C24H28N4O4S/c1-4-32-20-10-8-19(9-11-20)28-22(18-6-5-7-21(16-18)30-3)25-26-24(28)33-17(2)23(29)27-12-14-31-15-13-27/h5-11,16-17H,4,12-15H2,1-3H3. The second kappa shape index (κ2) is 10.7. The molecule has 1 atom stereocenters. The number of hydrogen-bond acceptors (Lipinski definition) is 7. The summed E-state index contributed by atoms with van der Waals surface area (Å²) < 4.78 is 18.3. The summed E-state index contributed by atoms with van der Waals surface area (Å²) >= 11 is 1.40. The van der Waals surface area contributed by atoms with Crippen LogP contribution in [0, 0.1) is 0 Å². The van der Waals surface area contributed by atoms with Gasteiger partial charge in [-0.2, -0.15) is 0 Å². The number of nitrogens with zero attached hydrogens (tertiary/aromatic N) is 4. The zero-order valence-corrected chi connectivity index (χ0v) is 19.9. The van der Waals surface area contributed by atoms with Gasteiger partial charge in [-0.15, -0.1) is 10.2 Å². The summed E-state index contributed by atoms with van der Waals surface area (Å²) in [6.45, 7) is 6.84. The van der Waals surface area contributed by atoms with Crippen LogP contribution in [0.2, 0.25) is 0 Å². The minimum absolute atomic E-state index is 0.0764. The summed E-state index contributed by atoms with van der Waals surface area (Å²) in [5.74, 6) is 2.28. The molecule has 0 spiro atoms. The Kier molecular flexibility index (Phi) is 7.51. The van der Waals surface area contributed by atoms with Crippen molar-refractivity contribution >= 4 is 17.7 Å². The van der Waals surface area contributed by atoms with Gasteiger partial charge in [-0.1, -0.05) is 23.9 Å². The van der Waals surface area contributed by atoms with Crippen LogP contribution in [0.5, 0.6) is 11.5 Å². The molecule has 8 nitrogen and oxygen atoms in total. The number of carbonyl (C=O) groups excluding carboxylic acids is 1. The van der Waals surface area contributed by atoms with Gasteiger partial charge < -0.3 is 19.1 Å². The maximum atomic E-state index is 13.0. The van der Waals surface area contributed by atoms with Crippen molar-refractivity contribution in [3.05, 3.63) is 48.5 Å². The molecular formula is C24H28N4O4S. The lowest BCUT2D eigenvalue weighted by atomic mass is 10.2. The summed E-state index contributed by atoms with van der Waals surface area (Å²) in [6.07, 6.45) is 0. The number of carbonyl (C=O) groups is 1. The predicted molar refractivity (Wildman–Crippen MR) is 127 cm³/mol. The normalized spacial score (nSPS) is 14.7. The molecule has 1 unspecified atom stereocenters. The third-order valence-electron chi connectivity index (χ3n) is 5.32. The highest BCUT2D eigenvalue weighted by Crippen LogP contribution is 2.32. The third-order valence-corrected chi connectivity index (χ3v) is 6.35. The first-order valence-corrected chi connectivity index (χ1v) is 11.8. The fourth-order valence-corrected chi connectivity index (χ4v) is 4.59. The predicted octanol–water partition coefficient (Wildman–Crippen LogP) is 3.68. The van der Waals surface area contributed by atoms with Gasteiger partial charge in [0.25, 0.3) is 0 Å². The van der Waals surface area contributed by atoms with Crippen molar-refractivity contribution in [1.82, 2.24) is 19.7 Å². The largest absolute Gasteiger partial charge is 0.497 e. The van der Waals surface area contributed by atoms with Gasteiger partial charge in [0.1, 0.15) is 11.5 Å². The minimum atomic E-state index is -0.313. The van der Waals surface area contributed by atoms with E-state index in [1.165, 1.54) is 11.8 Å². The van der Waals surface area contributed by atoms with Crippen LogP contribution >= 0.6 is 11.8 Å². The number of benzene rings is 2. The number of ether oxygens (including phenoxy) is 3. The zero-order valence-electron chi connectivity index (χ0n) is 19.1. The van der Waals surface area contributed by atoms with Crippen molar-refractivity contribution < 1.29 is 19.0 Å². The van der Waals surface area contributed by atoms with Crippen molar-refractivity contribution in [3.63, 3.8) is 0 Å². The number of morpholine rings is 1. The summed E-state index contributed by atoms with van der Waals surface area (Å²) in [7, 11) is 1.64. The SMILES string of the molecule is CCOc1ccc(-n2c(SC(C)C(=O)N3CCOCC3)nnc2-c2cccc(OC)c2)cc1. The first-order chi connectivity index (χ1) is 16.1. The monoisotopic (exact) mass is 468 g/mol. The smallest absolute Gasteiger partial charge is 0.236 e. The van der Waals surface area contributed by atoms with E-state index in [1.807, 2.05) is 71.8 Å². The highest BCUT2D eigenvalue weighted by Gasteiger charge is 2.26. The maximum Gasteiger partial charge on any atom is 0.236 e. The molecule has 0 bridgehead atoms. The van der Waals surface area contributed by atoms with E-state index in [0.717, 1.165) is 22.7 Å². The quantitative estimate of drug-likeness (QED) is 0.467. The second-order valence-electron chi connectivity index (χ2n) is 7.50. The molecule has 1 saturated heterocycles. The molecule has 3 aromatic rings. The fourth-order valence-electron chi connectivity index (χ4n) is 3.64. The molecule has 0 N–H and O–H groups in total. The number of methoxy groups -OCH3 is 1. The molecule has 33 heavy (non-hydrogen) atoms. The lowest BCUT2D eigenvalue weighted by Crippen LogP contribution is -2.44. The van der Waals surface area contributed by atoms with Crippen LogP contribution in [0.1, 0.15) is 13.8 Å². The van der Waals surface area contributed by atoms with Gasteiger partial charge in [0.15, 0.2) is 11.0 Å². The Hall–Kier alpha value is -3.04. The summed E-state index contributed by atoms with van der Waals surface area (Å²) in [5, 5.41) is 9.27. The van der Waals surface area contributed by atoms with Crippen LogP contribution in [0.3, 0.4) is 0 Å². The number of amides is 1. The zero-order chi connectivity index (χ0) is 23.2. The molecule has 174 valence electrons. The van der Waals surface area contributed by atoms with Crippen LogP contribution in [0.15, 0.2) is 53.7 Å². The topological polar surface area (TPSA) is 78.7 Å². The van der Waals surface area contributed by atoms with Gasteiger partial charge in [-0.25, -0.2) is 0 Å². The summed E-state index contributed by atoms with van der Waals surface area (Å²) in [4.78, 5) is 14.8. The van der Waals surface area contributed by atoms with Crippen molar-refractivity contribution in [3.8, 4) is 28.6 Å². The van der Waals surface area contributed by atoms with Crippen LogP contribution in [-0.2, 0) is 9.53 Å². The van der Waals surface area contributed by atoms with Crippen molar-refractivity contribution in [1.29, 1.82) is 0 Å². The molecule has 1 fully saturated rings. The average Bonchev–Trinajstić information content (AvgIpc) is 3.28. The highest BCUT2D eigenvalue weighted by molar-refractivity contribution is 8.00. The molecule has 0 radical (unpaired) electrons. The molecule has 4 rings (SSSR count). The van der Waals surface area contributed by atoms with E-state index < -0.39 is 0 Å². The first-order valence-electron chi connectivity index (χ1n) is 11.0. The Balaban J connectivity index is 1.69. The number of thioether (sulfide) groups is 1. The summed E-state index contributed by atoms with van der Waals surface area (Å²) in [5.41, 5.74) is 1.75. The van der Waals surface area contributed by atoms with E-state index in [-0.39, 0.29) is 11.2 Å². The van der Waals surface area contributed by atoms with Crippen molar-refractivity contribution in [2.75, 3.05) is 40.0 Å². The van der Waals surface area contributed by atoms with Gasteiger partial charge in [-0.3, -0.25) is 9.36 Å². The van der Waals surface area contributed by atoms with Crippen molar-refractivity contribution in [2.24, 2.45) is 0 Å². The Morgan fingerprint density at radius 1 is 1.12 bits per heavy atom. The average molecular weight is 469 g/mol. The maximum absolute atomic E-state index is 13.0. The van der Waals surface area contributed by atoms with Gasteiger partial charge in [0, 0.05) is 24.3 Å². The van der Waals surface area contributed by atoms with E-state index in [4.69, 9.17) is 14.2 Å². The number of rotatable bonds is 8. The highest BCUT2D eigenvalue weighted by atomic mass is 32.2. The Labute approximate surface area is 197 Å². The number of hydrogen-bond donors (Lipinski definition) is 0. The molecule has 2 heterocycles. The fraction of sp³-hybridized carbons (Fsp3) is 0.375. The molecule has 2 aromatic carbocycles. The number of aromatic nitrogens is 3. The van der Waals surface area contributed by atoms with Gasteiger partial charge in [0.2, 0.25) is 5.91 Å². The molecule has 9 heteroatoms. The van der Waals surface area contributed by atoms with E-state index in [9.17, 15) is 4.79 Å². The summed E-state index contributed by atoms with van der Waals surface area (Å²) in [6, 6.07) is 15.5. The van der Waals surface area contributed by atoms with E-state index in [2.05, 4.69) is 10.2 Å². The Bertz CT molecular complexity index is 1080. The second-order valence-corrected chi connectivity index (χ2v) is 8.81. The molecule has 1 aromatic heterocycles. The van der Waals surface area contributed by atoms with E-state index in [1.54, 1.807) is 7.11 Å². The molecule has 0 aliphatic carbocycles. The van der Waals surface area contributed by atoms with Gasteiger partial charge >= 0.3 is 0 Å². The lowest BCUT2D eigenvalue weighted by Gasteiger charge is -2.28. The van der Waals surface area contributed by atoms with Gasteiger partial charge in [-0.05, 0) is 50.2 Å². The molecule has 1 aliphatic heterocycles. The van der Waals surface area contributed by atoms with Crippen LogP contribution in [0.25, 0.3) is 17.1 Å². The van der Waals surface area contributed by atoms with Crippen LogP contribution in [-0.4, -0.2) is 70.8 Å². The Morgan fingerprint density at radius 3 is 2.58 bits per heavy atom. The first kappa shape index (κ1) is 23.1. The van der Waals surface area contributed by atoms with E-state index in [0.29, 0.717) is 43.9 Å². The third kappa shape index (κ3) is 5.31. The van der Waals surface area contributed by atoms with Gasteiger partial charge in [0.05, 0.1) is 32.2 Å². The molecule has 0 saturated carbocycles. The van der Waals surface area contributed by atoms with Crippen molar-refractivity contribution in [2.45, 2.75) is 24.3 Å². The molecular weight excluding hydrogens is 440 g/mol. The Morgan fingerprint density at radius 2 is 1.88 bits per heavy atom. The van der Waals surface area contributed by atoms with E-state index >= 15 is 0 Å². The molecule has 1 amide bonds. The van der Waals surface area contributed by atoms with Crippen LogP contribution in [0.4, 0.5) is 0 Å².